The molecule has 1 amide bonds. The van der Waals surface area contributed by atoms with Crippen molar-refractivity contribution in [1.29, 1.82) is 0 Å². The number of halogens is 2. The van der Waals surface area contributed by atoms with Crippen LogP contribution in [0.4, 0.5) is 0 Å². The first-order valence-electron chi connectivity index (χ1n) is 9.16. The Labute approximate surface area is 180 Å². The van der Waals surface area contributed by atoms with Crippen molar-refractivity contribution in [2.45, 2.75) is 26.4 Å². The van der Waals surface area contributed by atoms with Gasteiger partial charge in [-0.2, -0.15) is 0 Å². The van der Waals surface area contributed by atoms with E-state index in [4.69, 9.17) is 10.5 Å². The van der Waals surface area contributed by atoms with Crippen molar-refractivity contribution in [3.8, 4) is 5.75 Å². The number of likely N-dealkylation sites (N-methyl/N-ethyl adjacent to an activating group) is 1. The fraction of sp³-hybridized carbons (Fsp3) is 0.381. The summed E-state index contributed by atoms with van der Waals surface area (Å²) in [7, 11) is 0. The number of nitrogens with two attached hydrogens (primary N) is 1. The smallest absolute Gasteiger partial charge is 0.241 e. The summed E-state index contributed by atoms with van der Waals surface area (Å²) in [5.41, 5.74) is 7.81. The van der Waals surface area contributed by atoms with Crippen molar-refractivity contribution >= 4 is 30.7 Å². The average molecular weight is 428 g/mol. The van der Waals surface area contributed by atoms with Crippen molar-refractivity contribution < 1.29 is 9.53 Å². The standard InChI is InChI=1S/C21H29N3O2.2ClH/c1-3-24(4-2)14-15-26-19-12-10-17(11-13-19)16-23-21(25)20(22)18-8-6-5-7-9-18;;/h5-13,20H,3-4,14-16,22H2,1-2H3,(H,23,25);2*1H. The molecule has 0 spiro atoms. The summed E-state index contributed by atoms with van der Waals surface area (Å²) in [5.74, 6) is 0.656. The number of hydrogen-bond donors (Lipinski definition) is 2. The van der Waals surface area contributed by atoms with Crippen molar-refractivity contribution in [2.24, 2.45) is 5.73 Å². The molecule has 2 aromatic rings. The van der Waals surface area contributed by atoms with Gasteiger partial charge >= 0.3 is 0 Å². The summed E-state index contributed by atoms with van der Waals surface area (Å²) in [4.78, 5) is 14.5. The Balaban J connectivity index is 0.00000364. The van der Waals surface area contributed by atoms with Crippen LogP contribution in [0.2, 0.25) is 0 Å². The molecule has 3 N–H and O–H groups in total. The van der Waals surface area contributed by atoms with Crippen LogP contribution in [0.1, 0.15) is 31.0 Å². The lowest BCUT2D eigenvalue weighted by molar-refractivity contribution is -0.122. The number of nitrogens with zero attached hydrogens (tertiary/aromatic N) is 1. The van der Waals surface area contributed by atoms with E-state index in [1.807, 2.05) is 54.6 Å². The predicted molar refractivity (Wildman–Crippen MR) is 119 cm³/mol. The van der Waals surface area contributed by atoms with Gasteiger partial charge in [0, 0.05) is 13.1 Å². The Morgan fingerprint density at radius 2 is 1.64 bits per heavy atom. The maximum atomic E-state index is 12.2. The number of benzene rings is 2. The lowest BCUT2D eigenvalue weighted by atomic mass is 10.1. The molecule has 5 nitrogen and oxygen atoms in total. The van der Waals surface area contributed by atoms with Crippen LogP contribution in [0.25, 0.3) is 0 Å². The number of ether oxygens (including phenoxy) is 1. The van der Waals surface area contributed by atoms with Gasteiger partial charge in [0.2, 0.25) is 5.91 Å². The van der Waals surface area contributed by atoms with Gasteiger partial charge < -0.3 is 20.7 Å². The van der Waals surface area contributed by atoms with E-state index >= 15 is 0 Å². The molecule has 1 unspecified atom stereocenters. The minimum atomic E-state index is -0.654. The first kappa shape index (κ1) is 26.2. The SMILES string of the molecule is CCN(CC)CCOc1ccc(CNC(=O)C(N)c2ccccc2)cc1.Cl.Cl. The van der Waals surface area contributed by atoms with Gasteiger partial charge in [-0.25, -0.2) is 0 Å². The quantitative estimate of drug-likeness (QED) is 0.607. The summed E-state index contributed by atoms with van der Waals surface area (Å²) in [6.45, 7) is 8.39. The zero-order valence-electron chi connectivity index (χ0n) is 16.5. The van der Waals surface area contributed by atoms with E-state index in [9.17, 15) is 4.79 Å². The third-order valence-corrected chi connectivity index (χ3v) is 4.40. The second kappa shape index (κ2) is 14.2. The molecule has 7 heteroatoms. The highest BCUT2D eigenvalue weighted by Gasteiger charge is 2.14. The Morgan fingerprint density at radius 3 is 2.21 bits per heavy atom. The fourth-order valence-corrected chi connectivity index (χ4v) is 2.65. The molecule has 1 atom stereocenters. The summed E-state index contributed by atoms with van der Waals surface area (Å²) < 4.78 is 5.77. The number of amides is 1. The van der Waals surface area contributed by atoms with E-state index in [-0.39, 0.29) is 30.7 Å². The molecule has 156 valence electrons. The molecule has 0 fully saturated rings. The molecule has 0 saturated carbocycles. The molecule has 0 aromatic heterocycles. The third kappa shape index (κ3) is 8.48. The minimum Gasteiger partial charge on any atom is -0.492 e. The molecular formula is C21H31Cl2N3O2. The van der Waals surface area contributed by atoms with E-state index in [1.165, 1.54) is 0 Å². The Hall–Kier alpha value is -1.79. The van der Waals surface area contributed by atoms with Gasteiger partial charge in [0.15, 0.2) is 0 Å². The van der Waals surface area contributed by atoms with Crippen LogP contribution in [0.5, 0.6) is 5.75 Å². The van der Waals surface area contributed by atoms with Gasteiger partial charge in [-0.05, 0) is 36.3 Å². The molecule has 0 bridgehead atoms. The number of rotatable bonds is 10. The second-order valence-corrected chi connectivity index (χ2v) is 6.13. The zero-order valence-corrected chi connectivity index (χ0v) is 18.1. The average Bonchev–Trinajstić information content (AvgIpc) is 2.70. The Morgan fingerprint density at radius 1 is 1.04 bits per heavy atom. The van der Waals surface area contributed by atoms with Crippen molar-refractivity contribution in [3.63, 3.8) is 0 Å². The predicted octanol–water partition coefficient (Wildman–Crippen LogP) is 3.57. The molecule has 0 saturated heterocycles. The highest BCUT2D eigenvalue weighted by atomic mass is 35.5. The van der Waals surface area contributed by atoms with Gasteiger partial charge in [0.1, 0.15) is 18.4 Å². The largest absolute Gasteiger partial charge is 0.492 e. The molecule has 0 radical (unpaired) electrons. The van der Waals surface area contributed by atoms with Crippen LogP contribution >= 0.6 is 24.8 Å². The third-order valence-electron chi connectivity index (χ3n) is 4.40. The molecule has 0 aliphatic heterocycles. The first-order chi connectivity index (χ1) is 12.6. The summed E-state index contributed by atoms with van der Waals surface area (Å²) >= 11 is 0. The van der Waals surface area contributed by atoms with Crippen molar-refractivity contribution in [3.05, 3.63) is 65.7 Å². The topological polar surface area (TPSA) is 67.6 Å². The molecule has 0 heterocycles. The first-order valence-corrected chi connectivity index (χ1v) is 9.16. The van der Waals surface area contributed by atoms with Gasteiger partial charge in [-0.15, -0.1) is 24.8 Å². The zero-order chi connectivity index (χ0) is 18.8. The molecule has 0 aliphatic rings. The second-order valence-electron chi connectivity index (χ2n) is 6.13. The van der Waals surface area contributed by atoms with E-state index < -0.39 is 6.04 Å². The summed E-state index contributed by atoms with van der Waals surface area (Å²) in [6, 6.07) is 16.5. The van der Waals surface area contributed by atoms with Gasteiger partial charge in [0.05, 0.1) is 0 Å². The maximum Gasteiger partial charge on any atom is 0.241 e. The number of nitrogens with one attached hydrogen (secondary N) is 1. The fourth-order valence-electron chi connectivity index (χ4n) is 2.65. The van der Waals surface area contributed by atoms with Gasteiger partial charge in [0.25, 0.3) is 0 Å². The lowest BCUT2D eigenvalue weighted by Crippen LogP contribution is -2.33. The summed E-state index contributed by atoms with van der Waals surface area (Å²) in [5, 5.41) is 2.88. The van der Waals surface area contributed by atoms with E-state index in [2.05, 4.69) is 24.1 Å². The van der Waals surface area contributed by atoms with Crippen LogP contribution < -0.4 is 15.8 Å². The molecule has 2 rings (SSSR count). The molecular weight excluding hydrogens is 397 g/mol. The van der Waals surface area contributed by atoms with Crippen LogP contribution in [0.15, 0.2) is 54.6 Å². The number of carbonyl (C=O) groups is 1. The van der Waals surface area contributed by atoms with E-state index in [0.29, 0.717) is 13.2 Å². The molecule has 0 aliphatic carbocycles. The minimum absolute atomic E-state index is 0. The Kier molecular flexibility index (Phi) is 13.3. The highest BCUT2D eigenvalue weighted by molar-refractivity contribution is 5.85. The van der Waals surface area contributed by atoms with Crippen LogP contribution in [0, 0.1) is 0 Å². The Bertz CT molecular complexity index is 665. The number of carbonyl (C=O) groups excluding carboxylic acids is 1. The highest BCUT2D eigenvalue weighted by Crippen LogP contribution is 2.13. The van der Waals surface area contributed by atoms with Crippen molar-refractivity contribution in [2.75, 3.05) is 26.2 Å². The monoisotopic (exact) mass is 427 g/mol. The lowest BCUT2D eigenvalue weighted by Gasteiger charge is -2.18. The van der Waals surface area contributed by atoms with Crippen molar-refractivity contribution in [1.82, 2.24) is 10.2 Å². The normalized spacial score (nSPS) is 11.1. The number of hydrogen-bond acceptors (Lipinski definition) is 4. The van der Waals surface area contributed by atoms with Gasteiger partial charge in [-0.3, -0.25) is 4.79 Å². The maximum absolute atomic E-state index is 12.2. The molecule has 2 aromatic carbocycles. The summed E-state index contributed by atoms with van der Waals surface area (Å²) in [6.07, 6.45) is 0. The molecule has 28 heavy (non-hydrogen) atoms. The van der Waals surface area contributed by atoms with E-state index in [1.54, 1.807) is 0 Å². The van der Waals surface area contributed by atoms with Gasteiger partial charge in [-0.1, -0.05) is 56.3 Å². The van der Waals surface area contributed by atoms with E-state index in [0.717, 1.165) is 36.5 Å². The van der Waals surface area contributed by atoms with Crippen LogP contribution in [-0.2, 0) is 11.3 Å². The van der Waals surface area contributed by atoms with Crippen LogP contribution in [0.3, 0.4) is 0 Å². The van der Waals surface area contributed by atoms with Crippen LogP contribution in [-0.4, -0.2) is 37.0 Å².